The van der Waals surface area contributed by atoms with Crippen molar-refractivity contribution in [3.05, 3.63) is 0 Å². The Morgan fingerprint density at radius 3 is 1.07 bits per heavy atom. The molecule has 0 N–H and O–H groups in total. The molecule has 0 bridgehead atoms. The quantitative estimate of drug-likeness (QED) is 0.309. The lowest BCUT2D eigenvalue weighted by molar-refractivity contribution is 0.106. The first-order chi connectivity index (χ1) is 13.3. The van der Waals surface area contributed by atoms with Crippen LogP contribution in [-0.2, 0) is 14.2 Å². The molecule has 27 heavy (non-hydrogen) atoms. The van der Waals surface area contributed by atoms with Gasteiger partial charge in [0.15, 0.2) is 0 Å². The van der Waals surface area contributed by atoms with Gasteiger partial charge in [-0.2, -0.15) is 0 Å². The molecule has 9 nitrogen and oxygen atoms in total. The minimum absolute atomic E-state index is 0.0217. The highest BCUT2D eigenvalue weighted by Gasteiger charge is 2.10. The predicted octanol–water partition coefficient (Wildman–Crippen LogP) is -0.0426. The van der Waals surface area contributed by atoms with Crippen LogP contribution in [-0.4, -0.2) is 74.4 Å². The summed E-state index contributed by atoms with van der Waals surface area (Å²) in [5.74, 6) is 7.06. The van der Waals surface area contributed by atoms with Gasteiger partial charge in [-0.15, -0.1) is 34.2 Å². The van der Waals surface area contributed by atoms with E-state index in [1.54, 1.807) is 0 Å². The van der Waals surface area contributed by atoms with Gasteiger partial charge in [-0.1, -0.05) is 17.8 Å². The maximum atomic E-state index is 5.39. The summed E-state index contributed by atoms with van der Waals surface area (Å²) in [5.41, 5.74) is 0. The monoisotopic (exact) mass is 375 g/mol. The highest BCUT2D eigenvalue weighted by molar-refractivity contribution is 5.09. The van der Waals surface area contributed by atoms with Gasteiger partial charge in [0.05, 0.1) is 19.8 Å². The molecular weight excluding hydrogens is 354 g/mol. The second kappa shape index (κ2) is 15.2. The first kappa shape index (κ1) is 22.0. The van der Waals surface area contributed by atoms with Crippen molar-refractivity contribution in [3.63, 3.8) is 0 Å². The summed E-state index contributed by atoms with van der Waals surface area (Å²) in [7, 11) is 0. The van der Waals surface area contributed by atoms with Crippen LogP contribution in [0.15, 0.2) is 0 Å². The van der Waals surface area contributed by atoms with E-state index >= 15 is 0 Å². The zero-order valence-corrected chi connectivity index (χ0v) is 14.9. The number of hydrogen-bond donors (Lipinski definition) is 0. The van der Waals surface area contributed by atoms with Crippen LogP contribution in [0.4, 0.5) is 0 Å². The molecule has 1 aromatic heterocycles. The highest BCUT2D eigenvalue weighted by Crippen LogP contribution is 2.14. The Labute approximate surface area is 158 Å². The lowest BCUT2D eigenvalue weighted by Gasteiger charge is -2.10. The smallest absolute Gasteiger partial charge is 0.325 e. The SMILES string of the molecule is C#CCOCCOc1nc(OCCOCC#C)nc(OCCOCC#C)n1. The van der Waals surface area contributed by atoms with Crippen LogP contribution in [0, 0.1) is 37.0 Å². The van der Waals surface area contributed by atoms with Crippen molar-refractivity contribution < 1.29 is 28.4 Å². The molecule has 0 radical (unpaired) electrons. The Balaban J connectivity index is 2.56. The normalized spacial score (nSPS) is 9.67. The first-order valence-electron chi connectivity index (χ1n) is 7.98. The summed E-state index contributed by atoms with van der Waals surface area (Å²) >= 11 is 0. The first-order valence-corrected chi connectivity index (χ1v) is 7.98. The van der Waals surface area contributed by atoms with Gasteiger partial charge in [-0.25, -0.2) is 0 Å². The fraction of sp³-hybridized carbons (Fsp3) is 0.500. The van der Waals surface area contributed by atoms with E-state index in [1.807, 2.05) is 0 Å². The molecule has 0 atom stereocenters. The molecule has 0 spiro atoms. The van der Waals surface area contributed by atoms with Crippen molar-refractivity contribution in [2.24, 2.45) is 0 Å². The number of nitrogens with zero attached hydrogens (tertiary/aromatic N) is 3. The minimum Gasteiger partial charge on any atom is -0.461 e. The van der Waals surface area contributed by atoms with Crippen molar-refractivity contribution in [2.45, 2.75) is 0 Å². The predicted molar refractivity (Wildman–Crippen MR) is 95.3 cm³/mol. The minimum atomic E-state index is 0.0217. The average Bonchev–Trinajstić information content (AvgIpc) is 2.67. The molecule has 0 aliphatic heterocycles. The van der Waals surface area contributed by atoms with Gasteiger partial charge < -0.3 is 28.4 Å². The number of terminal acetylenes is 3. The molecule has 0 saturated carbocycles. The second-order valence-electron chi connectivity index (χ2n) is 4.50. The van der Waals surface area contributed by atoms with Gasteiger partial charge >= 0.3 is 18.0 Å². The van der Waals surface area contributed by atoms with Gasteiger partial charge in [-0.3, -0.25) is 0 Å². The zero-order valence-electron chi connectivity index (χ0n) is 14.9. The van der Waals surface area contributed by atoms with Gasteiger partial charge in [0.2, 0.25) is 0 Å². The summed E-state index contributed by atoms with van der Waals surface area (Å²) < 4.78 is 31.5. The van der Waals surface area contributed by atoms with Gasteiger partial charge in [0.25, 0.3) is 0 Å². The van der Waals surface area contributed by atoms with Crippen molar-refractivity contribution in [1.82, 2.24) is 15.0 Å². The molecule has 9 heteroatoms. The Bertz CT molecular complexity index is 560. The molecule has 0 unspecified atom stereocenters. The second-order valence-corrected chi connectivity index (χ2v) is 4.50. The fourth-order valence-electron chi connectivity index (χ4n) is 1.48. The van der Waals surface area contributed by atoms with Gasteiger partial charge in [0, 0.05) is 0 Å². The van der Waals surface area contributed by atoms with Crippen LogP contribution in [0.25, 0.3) is 0 Å². The lowest BCUT2D eigenvalue weighted by atomic mass is 10.7. The van der Waals surface area contributed by atoms with E-state index in [0.717, 1.165) is 0 Å². The van der Waals surface area contributed by atoms with E-state index in [-0.39, 0.29) is 77.5 Å². The van der Waals surface area contributed by atoms with Crippen LogP contribution >= 0.6 is 0 Å². The van der Waals surface area contributed by atoms with E-state index in [2.05, 4.69) is 32.7 Å². The summed E-state index contributed by atoms with van der Waals surface area (Å²) in [6.45, 7) is 2.01. The average molecular weight is 375 g/mol. The molecule has 0 amide bonds. The lowest BCUT2D eigenvalue weighted by Crippen LogP contribution is -2.14. The van der Waals surface area contributed by atoms with Crippen molar-refractivity contribution in [1.29, 1.82) is 0 Å². The third kappa shape index (κ3) is 11.2. The maximum absolute atomic E-state index is 5.39. The topological polar surface area (TPSA) is 94.1 Å². The molecule has 0 aromatic carbocycles. The molecule has 0 fully saturated rings. The van der Waals surface area contributed by atoms with Gasteiger partial charge in [0.1, 0.15) is 39.6 Å². The highest BCUT2D eigenvalue weighted by atomic mass is 16.6. The summed E-state index contributed by atoms with van der Waals surface area (Å²) in [5, 5.41) is 0. The molecule has 1 rings (SSSR count). The Morgan fingerprint density at radius 2 is 0.815 bits per heavy atom. The Hall–Kier alpha value is -3.03. The Morgan fingerprint density at radius 1 is 0.519 bits per heavy atom. The molecule has 1 heterocycles. The number of ether oxygens (including phenoxy) is 6. The third-order valence-electron chi connectivity index (χ3n) is 2.51. The van der Waals surface area contributed by atoms with E-state index < -0.39 is 0 Å². The molecule has 0 saturated heterocycles. The summed E-state index contributed by atoms with van der Waals surface area (Å²) in [4.78, 5) is 12.1. The number of rotatable bonds is 15. The largest absolute Gasteiger partial charge is 0.461 e. The standard InChI is InChI=1S/C18H21N3O6/c1-4-7-22-10-13-25-16-19-17(26-14-11-23-8-5-2)21-18(20-16)27-15-12-24-9-6-3/h1-3H,7-15H2. The molecule has 1 aromatic rings. The van der Waals surface area contributed by atoms with Crippen LogP contribution in [0.5, 0.6) is 18.0 Å². The summed E-state index contributed by atoms with van der Waals surface area (Å²) in [6.07, 6.45) is 15.3. The zero-order chi connectivity index (χ0) is 19.6. The van der Waals surface area contributed by atoms with E-state index in [9.17, 15) is 0 Å². The molecule has 0 aliphatic carbocycles. The molecular formula is C18H21N3O6. The van der Waals surface area contributed by atoms with Crippen LogP contribution < -0.4 is 14.2 Å². The van der Waals surface area contributed by atoms with Crippen molar-refractivity contribution >= 4 is 0 Å². The van der Waals surface area contributed by atoms with E-state index in [1.165, 1.54) is 0 Å². The van der Waals surface area contributed by atoms with E-state index in [0.29, 0.717) is 0 Å². The third-order valence-corrected chi connectivity index (χ3v) is 2.51. The van der Waals surface area contributed by atoms with Crippen LogP contribution in [0.3, 0.4) is 0 Å². The van der Waals surface area contributed by atoms with Crippen LogP contribution in [0.2, 0.25) is 0 Å². The molecule has 0 aliphatic rings. The van der Waals surface area contributed by atoms with Crippen LogP contribution in [0.1, 0.15) is 0 Å². The fourth-order valence-corrected chi connectivity index (χ4v) is 1.48. The number of hydrogen-bond acceptors (Lipinski definition) is 9. The van der Waals surface area contributed by atoms with E-state index in [4.69, 9.17) is 47.7 Å². The molecule has 144 valence electrons. The number of aromatic nitrogens is 3. The van der Waals surface area contributed by atoms with Crippen molar-refractivity contribution in [2.75, 3.05) is 59.5 Å². The maximum Gasteiger partial charge on any atom is 0.325 e. The summed E-state index contributed by atoms with van der Waals surface area (Å²) in [6, 6.07) is 0.0650. The Kier molecular flexibility index (Phi) is 12.4. The van der Waals surface area contributed by atoms with Gasteiger partial charge in [-0.05, 0) is 0 Å². The van der Waals surface area contributed by atoms with Crippen molar-refractivity contribution in [3.8, 4) is 55.1 Å².